The Balaban J connectivity index is 1.42. The van der Waals surface area contributed by atoms with Crippen LogP contribution in [0.1, 0.15) is 40.1 Å². The first kappa shape index (κ1) is 16.6. The lowest BCUT2D eigenvalue weighted by molar-refractivity contribution is 0.0276. The van der Waals surface area contributed by atoms with Crippen LogP contribution < -0.4 is 9.47 Å². The third kappa shape index (κ3) is 2.95. The van der Waals surface area contributed by atoms with Crippen molar-refractivity contribution in [3.05, 3.63) is 52.7 Å². The lowest BCUT2D eigenvalue weighted by atomic mass is 10.00. The van der Waals surface area contributed by atoms with E-state index in [1.807, 2.05) is 13.0 Å². The summed E-state index contributed by atoms with van der Waals surface area (Å²) < 4.78 is 22.9. The summed E-state index contributed by atoms with van der Waals surface area (Å²) in [4.78, 5) is 15.0. The monoisotopic (exact) mass is 367 g/mol. The molecule has 0 saturated carbocycles. The standard InChI is InChI=1S/C21H21NO5/c1-13-20-14(10-22(12-26-20)11-16-5-3-7-25-16)8-17-19(23)18(27-21(13)17)9-15-4-2-6-24-15/h2,4,6,8-9,16H,3,5,7,10-12H2,1H3/b18-9-. The van der Waals surface area contributed by atoms with Crippen molar-refractivity contribution in [2.45, 2.75) is 32.4 Å². The number of Topliss-reactive ketones (excluding diaryl/α,β-unsaturated/α-hetero) is 1. The molecule has 0 radical (unpaired) electrons. The summed E-state index contributed by atoms with van der Waals surface area (Å²) in [6.07, 6.45) is 5.70. The number of carbonyl (C=O) groups is 1. The Morgan fingerprint density at radius 2 is 2.26 bits per heavy atom. The summed E-state index contributed by atoms with van der Waals surface area (Å²) in [6.45, 7) is 4.91. The number of benzene rings is 1. The van der Waals surface area contributed by atoms with E-state index in [-0.39, 0.29) is 17.6 Å². The van der Waals surface area contributed by atoms with Crippen LogP contribution in [0.25, 0.3) is 6.08 Å². The zero-order chi connectivity index (χ0) is 18.4. The minimum absolute atomic E-state index is 0.122. The Bertz CT molecular complexity index is 909. The van der Waals surface area contributed by atoms with E-state index in [4.69, 9.17) is 18.6 Å². The summed E-state index contributed by atoms with van der Waals surface area (Å²) in [5.41, 5.74) is 2.48. The van der Waals surface area contributed by atoms with Crippen molar-refractivity contribution in [1.29, 1.82) is 0 Å². The van der Waals surface area contributed by atoms with Gasteiger partial charge in [0.1, 0.15) is 24.0 Å². The predicted molar refractivity (Wildman–Crippen MR) is 97.7 cm³/mol. The molecular formula is C21H21NO5. The molecule has 140 valence electrons. The van der Waals surface area contributed by atoms with Crippen LogP contribution in [0.3, 0.4) is 0 Å². The molecule has 1 saturated heterocycles. The van der Waals surface area contributed by atoms with Crippen LogP contribution in [0.4, 0.5) is 0 Å². The normalized spacial score (nSPS) is 23.2. The third-order valence-electron chi connectivity index (χ3n) is 5.30. The number of rotatable bonds is 3. The van der Waals surface area contributed by atoms with Gasteiger partial charge in [0.2, 0.25) is 5.78 Å². The number of ketones is 1. The van der Waals surface area contributed by atoms with Crippen molar-refractivity contribution in [3.63, 3.8) is 0 Å². The van der Waals surface area contributed by atoms with E-state index in [9.17, 15) is 4.79 Å². The van der Waals surface area contributed by atoms with E-state index in [0.717, 1.165) is 49.4 Å². The fraction of sp³-hybridized carbons (Fsp3) is 0.381. The molecule has 0 amide bonds. The van der Waals surface area contributed by atoms with Gasteiger partial charge in [0.25, 0.3) is 0 Å². The number of furan rings is 1. The van der Waals surface area contributed by atoms with E-state index in [2.05, 4.69) is 4.90 Å². The second kappa shape index (κ2) is 6.55. The zero-order valence-electron chi connectivity index (χ0n) is 15.2. The second-order valence-corrected chi connectivity index (χ2v) is 7.24. The van der Waals surface area contributed by atoms with Crippen LogP contribution in [-0.4, -0.2) is 36.7 Å². The minimum Gasteiger partial charge on any atom is -0.477 e. The summed E-state index contributed by atoms with van der Waals surface area (Å²) >= 11 is 0. The second-order valence-electron chi connectivity index (χ2n) is 7.24. The molecule has 3 aliphatic heterocycles. The van der Waals surface area contributed by atoms with Crippen molar-refractivity contribution < 1.29 is 23.4 Å². The predicted octanol–water partition coefficient (Wildman–Crippen LogP) is 3.54. The number of allylic oxidation sites excluding steroid dienone is 1. The van der Waals surface area contributed by atoms with Gasteiger partial charge in [0.05, 0.1) is 17.9 Å². The van der Waals surface area contributed by atoms with Crippen LogP contribution in [-0.2, 0) is 11.3 Å². The van der Waals surface area contributed by atoms with Gasteiger partial charge in [-0.05, 0) is 38.0 Å². The molecule has 0 bridgehead atoms. The highest BCUT2D eigenvalue weighted by molar-refractivity contribution is 6.15. The highest BCUT2D eigenvalue weighted by atomic mass is 16.5. The van der Waals surface area contributed by atoms with Crippen molar-refractivity contribution in [2.24, 2.45) is 0 Å². The van der Waals surface area contributed by atoms with Gasteiger partial charge in [-0.25, -0.2) is 0 Å². The Kier molecular flexibility index (Phi) is 4.02. The quantitative estimate of drug-likeness (QED) is 0.774. The molecule has 1 aromatic carbocycles. The zero-order valence-corrected chi connectivity index (χ0v) is 15.2. The molecule has 6 nitrogen and oxygen atoms in total. The number of hydrogen-bond acceptors (Lipinski definition) is 6. The summed E-state index contributed by atoms with van der Waals surface area (Å²) in [5.74, 6) is 2.16. The fourth-order valence-corrected chi connectivity index (χ4v) is 3.99. The van der Waals surface area contributed by atoms with Gasteiger partial charge >= 0.3 is 0 Å². The van der Waals surface area contributed by atoms with Gasteiger partial charge in [-0.2, -0.15) is 0 Å². The number of nitrogens with zero attached hydrogens (tertiary/aromatic N) is 1. The summed E-state index contributed by atoms with van der Waals surface area (Å²) in [5, 5.41) is 0. The first-order valence-electron chi connectivity index (χ1n) is 9.30. The lowest BCUT2D eigenvalue weighted by Gasteiger charge is -2.31. The smallest absolute Gasteiger partial charge is 0.232 e. The molecule has 0 spiro atoms. The molecule has 5 rings (SSSR count). The summed E-state index contributed by atoms with van der Waals surface area (Å²) in [6, 6.07) is 5.47. The van der Waals surface area contributed by atoms with Crippen LogP contribution in [0.15, 0.2) is 34.6 Å². The third-order valence-corrected chi connectivity index (χ3v) is 5.30. The van der Waals surface area contributed by atoms with Crippen molar-refractivity contribution in [1.82, 2.24) is 4.90 Å². The largest absolute Gasteiger partial charge is 0.477 e. The molecular weight excluding hydrogens is 346 g/mol. The van der Waals surface area contributed by atoms with E-state index in [1.54, 1.807) is 24.5 Å². The lowest BCUT2D eigenvalue weighted by Crippen LogP contribution is -2.37. The number of hydrogen-bond donors (Lipinski definition) is 0. The SMILES string of the molecule is Cc1c2c(cc3c1O/C(=C\c1ccco1)C3=O)CN(CC1CCCO1)CO2. The Morgan fingerprint density at radius 1 is 1.33 bits per heavy atom. The van der Waals surface area contributed by atoms with Gasteiger partial charge in [-0.1, -0.05) is 0 Å². The van der Waals surface area contributed by atoms with E-state index >= 15 is 0 Å². The topological polar surface area (TPSA) is 61.1 Å². The molecule has 0 N–H and O–H groups in total. The van der Waals surface area contributed by atoms with Gasteiger partial charge in [0.15, 0.2) is 5.76 Å². The van der Waals surface area contributed by atoms with E-state index in [1.165, 1.54) is 0 Å². The molecule has 4 heterocycles. The molecule has 1 atom stereocenters. The average Bonchev–Trinajstić information content (AvgIpc) is 3.41. The molecule has 2 aromatic rings. The minimum atomic E-state index is -0.122. The van der Waals surface area contributed by atoms with Gasteiger partial charge in [-0.15, -0.1) is 0 Å². The first-order chi connectivity index (χ1) is 13.2. The number of carbonyl (C=O) groups excluding carboxylic acids is 1. The van der Waals surface area contributed by atoms with E-state index < -0.39 is 0 Å². The molecule has 1 unspecified atom stereocenters. The van der Waals surface area contributed by atoms with Gasteiger partial charge < -0.3 is 18.6 Å². The number of ether oxygens (including phenoxy) is 3. The Labute approximate surface area is 157 Å². The first-order valence-corrected chi connectivity index (χ1v) is 9.30. The van der Waals surface area contributed by atoms with E-state index in [0.29, 0.717) is 23.8 Å². The van der Waals surface area contributed by atoms with Crippen molar-refractivity contribution >= 4 is 11.9 Å². The highest BCUT2D eigenvalue weighted by Gasteiger charge is 2.34. The maximum Gasteiger partial charge on any atom is 0.232 e. The van der Waals surface area contributed by atoms with Crippen molar-refractivity contribution in [3.8, 4) is 11.5 Å². The highest BCUT2D eigenvalue weighted by Crippen LogP contribution is 2.43. The van der Waals surface area contributed by atoms with Crippen LogP contribution in [0, 0.1) is 6.92 Å². The number of fused-ring (bicyclic) bond motifs is 2. The van der Waals surface area contributed by atoms with Crippen LogP contribution in [0.5, 0.6) is 11.5 Å². The van der Waals surface area contributed by atoms with Crippen molar-refractivity contribution in [2.75, 3.05) is 19.9 Å². The Morgan fingerprint density at radius 3 is 3.04 bits per heavy atom. The van der Waals surface area contributed by atoms with Crippen LogP contribution >= 0.6 is 0 Å². The molecule has 6 heteroatoms. The molecule has 1 aromatic heterocycles. The maximum absolute atomic E-state index is 12.8. The molecule has 1 fully saturated rings. The maximum atomic E-state index is 12.8. The Hall–Kier alpha value is -2.57. The summed E-state index contributed by atoms with van der Waals surface area (Å²) in [7, 11) is 0. The van der Waals surface area contributed by atoms with Crippen LogP contribution in [0.2, 0.25) is 0 Å². The van der Waals surface area contributed by atoms with Gasteiger partial charge in [0, 0.05) is 36.9 Å². The average molecular weight is 367 g/mol. The molecule has 3 aliphatic rings. The van der Waals surface area contributed by atoms with Gasteiger partial charge in [-0.3, -0.25) is 9.69 Å². The fourth-order valence-electron chi connectivity index (χ4n) is 3.99. The molecule has 27 heavy (non-hydrogen) atoms. The molecule has 0 aliphatic carbocycles.